The highest BCUT2D eigenvalue weighted by Crippen LogP contribution is 2.11. The summed E-state index contributed by atoms with van der Waals surface area (Å²) in [6.07, 6.45) is 18.3. The van der Waals surface area contributed by atoms with Crippen LogP contribution in [0.4, 0.5) is 0 Å². The van der Waals surface area contributed by atoms with Crippen molar-refractivity contribution in [1.29, 1.82) is 0 Å². The van der Waals surface area contributed by atoms with Gasteiger partial charge in [0.2, 0.25) is 0 Å². The molecule has 0 saturated carbocycles. The molecule has 0 spiro atoms. The minimum atomic E-state index is -0.174. The second-order valence-electron chi connectivity index (χ2n) is 10.1. The average Bonchev–Trinajstić information content (AvgIpc) is 2.93. The lowest BCUT2D eigenvalue weighted by Crippen LogP contribution is -2.33. The van der Waals surface area contributed by atoms with Gasteiger partial charge in [0.05, 0.1) is 26.4 Å². The molecule has 40 heavy (non-hydrogen) atoms. The van der Waals surface area contributed by atoms with E-state index in [4.69, 9.17) is 29.9 Å². The highest BCUT2D eigenvalue weighted by Gasteiger charge is 2.08. The Balaban J connectivity index is 3.45. The Morgan fingerprint density at radius 1 is 0.475 bits per heavy atom. The molecule has 0 aliphatic heterocycles. The summed E-state index contributed by atoms with van der Waals surface area (Å²) >= 11 is 0. The molecule has 0 unspecified atom stereocenters. The lowest BCUT2D eigenvalue weighted by Gasteiger charge is -2.19. The van der Waals surface area contributed by atoms with Crippen LogP contribution in [0.2, 0.25) is 0 Å². The van der Waals surface area contributed by atoms with Gasteiger partial charge in [-0.25, -0.2) is 0 Å². The molecule has 0 aromatic carbocycles. The van der Waals surface area contributed by atoms with Gasteiger partial charge in [0, 0.05) is 52.1 Å². The van der Waals surface area contributed by atoms with Gasteiger partial charge < -0.3 is 29.9 Å². The molecule has 10 heteroatoms. The van der Waals surface area contributed by atoms with Crippen LogP contribution in [0.15, 0.2) is 12.2 Å². The summed E-state index contributed by atoms with van der Waals surface area (Å²) in [6.45, 7) is 3.61. The number of ether oxygens (including phenoxy) is 2. The molecule has 10 nitrogen and oxygen atoms in total. The third-order valence-electron chi connectivity index (χ3n) is 6.68. The first-order chi connectivity index (χ1) is 19.6. The van der Waals surface area contributed by atoms with E-state index in [9.17, 15) is 9.59 Å². The Bertz CT molecular complexity index is 544. The Kier molecular flexibility index (Phi) is 29.2. The van der Waals surface area contributed by atoms with Crippen LogP contribution in [0.1, 0.15) is 89.9 Å². The summed E-state index contributed by atoms with van der Waals surface area (Å²) in [7, 11) is 0. The fourth-order valence-corrected chi connectivity index (χ4v) is 4.32. The number of aliphatic hydroxyl groups excluding tert-OH is 4. The van der Waals surface area contributed by atoms with Crippen molar-refractivity contribution in [1.82, 2.24) is 9.80 Å². The molecule has 0 heterocycles. The highest BCUT2D eigenvalue weighted by atomic mass is 16.5. The number of hydrogen-bond acceptors (Lipinski definition) is 10. The van der Waals surface area contributed by atoms with Crippen molar-refractivity contribution in [2.45, 2.75) is 89.9 Å². The normalized spacial score (nSPS) is 11.7. The van der Waals surface area contributed by atoms with Gasteiger partial charge in [-0.05, 0) is 38.5 Å². The van der Waals surface area contributed by atoms with Crippen LogP contribution < -0.4 is 0 Å². The molecule has 0 fully saturated rings. The van der Waals surface area contributed by atoms with Gasteiger partial charge in [-0.15, -0.1) is 0 Å². The molecule has 0 saturated heterocycles. The fraction of sp³-hybridized carbons (Fsp3) is 0.867. The average molecular weight is 575 g/mol. The summed E-state index contributed by atoms with van der Waals surface area (Å²) in [5.41, 5.74) is 0. The lowest BCUT2D eigenvalue weighted by atomic mass is 10.1. The molecule has 4 N–H and O–H groups in total. The van der Waals surface area contributed by atoms with Crippen molar-refractivity contribution < 1.29 is 39.5 Å². The van der Waals surface area contributed by atoms with Crippen LogP contribution in [0.5, 0.6) is 0 Å². The first-order valence-corrected chi connectivity index (χ1v) is 15.4. The number of hydrogen-bond donors (Lipinski definition) is 4. The van der Waals surface area contributed by atoms with Crippen LogP contribution >= 0.6 is 0 Å². The maximum atomic E-state index is 11.8. The van der Waals surface area contributed by atoms with Crippen LogP contribution in [0.3, 0.4) is 0 Å². The van der Waals surface area contributed by atoms with E-state index in [1.54, 1.807) is 0 Å². The Hall–Kier alpha value is -1.56. The first-order valence-electron chi connectivity index (χ1n) is 15.4. The van der Waals surface area contributed by atoms with E-state index >= 15 is 0 Å². The second-order valence-corrected chi connectivity index (χ2v) is 10.1. The third kappa shape index (κ3) is 26.7. The Morgan fingerprint density at radius 3 is 1.15 bits per heavy atom. The van der Waals surface area contributed by atoms with Gasteiger partial charge >= 0.3 is 11.9 Å². The van der Waals surface area contributed by atoms with E-state index in [1.807, 2.05) is 9.80 Å². The minimum absolute atomic E-state index is 0.0231. The number of carbonyl (C=O) groups excluding carboxylic acids is 2. The molecule has 0 aromatic heterocycles. The van der Waals surface area contributed by atoms with E-state index in [0.29, 0.717) is 65.3 Å². The van der Waals surface area contributed by atoms with E-state index in [1.165, 1.54) is 25.7 Å². The predicted molar refractivity (Wildman–Crippen MR) is 157 cm³/mol. The monoisotopic (exact) mass is 574 g/mol. The summed E-state index contributed by atoms with van der Waals surface area (Å²) in [4.78, 5) is 27.4. The molecule has 0 bridgehead atoms. The zero-order valence-corrected chi connectivity index (χ0v) is 24.9. The van der Waals surface area contributed by atoms with Crippen molar-refractivity contribution >= 4 is 11.9 Å². The fourth-order valence-electron chi connectivity index (χ4n) is 4.32. The van der Waals surface area contributed by atoms with Crippen molar-refractivity contribution in [2.75, 3.05) is 78.9 Å². The molecule has 0 aliphatic rings. The van der Waals surface area contributed by atoms with Gasteiger partial charge in [-0.3, -0.25) is 19.4 Å². The van der Waals surface area contributed by atoms with E-state index in [2.05, 4.69) is 12.2 Å². The van der Waals surface area contributed by atoms with Gasteiger partial charge in [0.15, 0.2) is 0 Å². The number of carbonyl (C=O) groups is 2. The number of nitrogens with zero attached hydrogens (tertiary/aromatic N) is 2. The van der Waals surface area contributed by atoms with E-state index in [0.717, 1.165) is 51.4 Å². The SMILES string of the molecule is O=C(CCCCCCCC=CCCCCCCCC(=O)OCCN(CCO)CCO)OCCN(CCO)CCO. The van der Waals surface area contributed by atoms with Gasteiger partial charge in [-0.1, -0.05) is 50.7 Å². The minimum Gasteiger partial charge on any atom is -0.464 e. The predicted octanol–water partition coefficient (Wildman–Crippen LogP) is 2.66. The molecule has 0 radical (unpaired) electrons. The number of unbranched alkanes of at least 4 members (excludes halogenated alkanes) is 10. The van der Waals surface area contributed by atoms with Crippen molar-refractivity contribution in [3.05, 3.63) is 12.2 Å². The highest BCUT2D eigenvalue weighted by molar-refractivity contribution is 5.69. The summed E-state index contributed by atoms with van der Waals surface area (Å²) in [5, 5.41) is 35.9. The number of aliphatic hydroxyl groups is 4. The Morgan fingerprint density at radius 2 is 0.800 bits per heavy atom. The smallest absolute Gasteiger partial charge is 0.305 e. The molecule has 0 atom stereocenters. The molecule has 236 valence electrons. The summed E-state index contributed by atoms with van der Waals surface area (Å²) in [6, 6.07) is 0. The van der Waals surface area contributed by atoms with Gasteiger partial charge in [-0.2, -0.15) is 0 Å². The summed E-state index contributed by atoms with van der Waals surface area (Å²) in [5.74, 6) is -0.349. The third-order valence-corrected chi connectivity index (χ3v) is 6.68. The van der Waals surface area contributed by atoms with Crippen LogP contribution in [-0.2, 0) is 19.1 Å². The van der Waals surface area contributed by atoms with E-state index < -0.39 is 0 Å². The molecular formula is C30H58N2O8. The quantitative estimate of drug-likeness (QED) is 0.0575. The van der Waals surface area contributed by atoms with E-state index in [-0.39, 0.29) is 38.4 Å². The van der Waals surface area contributed by atoms with Crippen LogP contribution in [0.25, 0.3) is 0 Å². The molecule has 0 aromatic rings. The zero-order valence-electron chi connectivity index (χ0n) is 24.9. The lowest BCUT2D eigenvalue weighted by molar-refractivity contribution is -0.145. The molecule has 0 amide bonds. The first kappa shape index (κ1) is 38.4. The Labute approximate surface area is 242 Å². The van der Waals surface area contributed by atoms with Gasteiger partial charge in [0.25, 0.3) is 0 Å². The maximum Gasteiger partial charge on any atom is 0.305 e. The largest absolute Gasteiger partial charge is 0.464 e. The number of rotatable bonds is 30. The molecular weight excluding hydrogens is 516 g/mol. The van der Waals surface area contributed by atoms with Gasteiger partial charge in [0.1, 0.15) is 13.2 Å². The molecule has 0 rings (SSSR count). The van der Waals surface area contributed by atoms with Crippen LogP contribution in [0, 0.1) is 0 Å². The van der Waals surface area contributed by atoms with Crippen molar-refractivity contribution in [3.8, 4) is 0 Å². The van der Waals surface area contributed by atoms with Crippen LogP contribution in [-0.4, -0.2) is 121 Å². The number of allylic oxidation sites excluding steroid dienone is 2. The maximum absolute atomic E-state index is 11.8. The van der Waals surface area contributed by atoms with Crippen molar-refractivity contribution in [2.24, 2.45) is 0 Å². The zero-order chi connectivity index (χ0) is 29.5. The number of esters is 2. The van der Waals surface area contributed by atoms with Crippen molar-refractivity contribution in [3.63, 3.8) is 0 Å². The second kappa shape index (κ2) is 30.4. The standard InChI is InChI=1S/C30H58N2O8/c33-23-17-31(18-24-34)21-27-39-29(37)15-13-11-9-7-5-3-1-2-4-6-8-10-12-14-16-30(38)40-28-22-32(19-25-35)20-26-36/h1-2,33-36H,3-28H2. The molecule has 0 aliphatic carbocycles. The summed E-state index contributed by atoms with van der Waals surface area (Å²) < 4.78 is 10.5. The topological polar surface area (TPSA) is 140 Å².